The lowest BCUT2D eigenvalue weighted by Crippen LogP contribution is -2.17. The van der Waals surface area contributed by atoms with Crippen LogP contribution in [0.1, 0.15) is 16.3 Å². The molecule has 0 radical (unpaired) electrons. The highest BCUT2D eigenvalue weighted by Crippen LogP contribution is 2.24. The van der Waals surface area contributed by atoms with Crippen molar-refractivity contribution in [2.75, 3.05) is 5.32 Å². The zero-order chi connectivity index (χ0) is 21.7. The fourth-order valence-corrected chi connectivity index (χ4v) is 2.33. The summed E-state index contributed by atoms with van der Waals surface area (Å²) in [6.45, 7) is -0.0193. The highest BCUT2D eigenvalue weighted by molar-refractivity contribution is 6.02. The maximum Gasteiger partial charge on any atom is 0.573 e. The molecule has 0 aliphatic rings. The monoisotopic (exact) mass is 422 g/mol. The van der Waals surface area contributed by atoms with Crippen molar-refractivity contribution in [3.63, 3.8) is 0 Å². The van der Waals surface area contributed by atoms with Crippen molar-refractivity contribution in [2.45, 2.75) is 13.0 Å². The van der Waals surface area contributed by atoms with E-state index in [2.05, 4.69) is 10.1 Å². The summed E-state index contributed by atoms with van der Waals surface area (Å²) in [6.07, 6.45) is -4.80. The molecule has 30 heavy (non-hydrogen) atoms. The SMILES string of the molecule is O=C(Nc1ccc(OC(F)(F)F)cc1)c1ccc(COc2ccc([N+](=O)[O-])cc2)o1. The molecule has 3 aromatic rings. The van der Waals surface area contributed by atoms with Crippen LogP contribution in [-0.2, 0) is 6.61 Å². The van der Waals surface area contributed by atoms with Crippen LogP contribution in [0, 0.1) is 10.1 Å². The fourth-order valence-electron chi connectivity index (χ4n) is 2.33. The number of nitrogens with zero attached hydrogens (tertiary/aromatic N) is 1. The van der Waals surface area contributed by atoms with E-state index in [1.807, 2.05) is 0 Å². The average Bonchev–Trinajstić information content (AvgIpc) is 3.16. The summed E-state index contributed by atoms with van der Waals surface area (Å²) in [7, 11) is 0. The highest BCUT2D eigenvalue weighted by Gasteiger charge is 2.31. The zero-order valence-electron chi connectivity index (χ0n) is 15.0. The van der Waals surface area contributed by atoms with Crippen molar-refractivity contribution in [2.24, 2.45) is 0 Å². The normalized spacial score (nSPS) is 11.0. The molecule has 2 aromatic carbocycles. The van der Waals surface area contributed by atoms with Gasteiger partial charge in [-0.1, -0.05) is 0 Å². The van der Waals surface area contributed by atoms with Gasteiger partial charge >= 0.3 is 6.36 Å². The van der Waals surface area contributed by atoms with Crippen LogP contribution in [-0.4, -0.2) is 17.2 Å². The topological polar surface area (TPSA) is 104 Å². The van der Waals surface area contributed by atoms with E-state index in [1.54, 1.807) is 0 Å². The quantitative estimate of drug-likeness (QED) is 0.428. The Kier molecular flexibility index (Phi) is 5.90. The second kappa shape index (κ2) is 8.55. The van der Waals surface area contributed by atoms with Crippen LogP contribution in [0.2, 0.25) is 0 Å². The van der Waals surface area contributed by atoms with Crippen molar-refractivity contribution in [3.8, 4) is 11.5 Å². The summed E-state index contributed by atoms with van der Waals surface area (Å²) in [5, 5.41) is 13.1. The van der Waals surface area contributed by atoms with Crippen molar-refractivity contribution < 1.29 is 36.8 Å². The van der Waals surface area contributed by atoms with E-state index in [0.29, 0.717) is 11.5 Å². The molecule has 1 amide bonds. The number of rotatable bonds is 7. The molecule has 0 unspecified atom stereocenters. The number of furan rings is 1. The summed E-state index contributed by atoms with van der Waals surface area (Å²) in [4.78, 5) is 22.3. The Labute approximate surface area is 167 Å². The van der Waals surface area contributed by atoms with Crippen molar-refractivity contribution in [1.29, 1.82) is 0 Å². The van der Waals surface area contributed by atoms with Gasteiger partial charge in [-0.2, -0.15) is 0 Å². The number of halogens is 3. The maximum atomic E-state index is 12.2. The van der Waals surface area contributed by atoms with Crippen molar-refractivity contribution >= 4 is 17.3 Å². The summed E-state index contributed by atoms with van der Waals surface area (Å²) in [5.74, 6) is -0.352. The minimum Gasteiger partial charge on any atom is -0.486 e. The van der Waals surface area contributed by atoms with E-state index >= 15 is 0 Å². The number of ether oxygens (including phenoxy) is 2. The zero-order valence-corrected chi connectivity index (χ0v) is 15.0. The third-order valence-corrected chi connectivity index (χ3v) is 3.66. The van der Waals surface area contributed by atoms with Crippen molar-refractivity contribution in [3.05, 3.63) is 82.3 Å². The first-order valence-electron chi connectivity index (χ1n) is 8.33. The molecule has 3 rings (SSSR count). The number of hydrogen-bond acceptors (Lipinski definition) is 6. The number of alkyl halides is 3. The first-order valence-corrected chi connectivity index (χ1v) is 8.33. The lowest BCUT2D eigenvalue weighted by atomic mass is 10.3. The molecule has 0 bridgehead atoms. The smallest absolute Gasteiger partial charge is 0.486 e. The number of carbonyl (C=O) groups excluding carboxylic acids is 1. The van der Waals surface area contributed by atoms with Gasteiger partial charge in [0, 0.05) is 17.8 Å². The number of nitrogens with one attached hydrogen (secondary N) is 1. The second-order valence-corrected chi connectivity index (χ2v) is 5.83. The molecule has 1 N–H and O–H groups in total. The molecule has 0 spiro atoms. The Morgan fingerprint density at radius 2 is 1.63 bits per heavy atom. The number of nitro benzene ring substituents is 1. The maximum absolute atomic E-state index is 12.2. The lowest BCUT2D eigenvalue weighted by molar-refractivity contribution is -0.384. The number of benzene rings is 2. The van der Waals surface area contributed by atoms with Gasteiger partial charge in [0.25, 0.3) is 11.6 Å². The molecule has 1 heterocycles. The number of carbonyl (C=O) groups is 1. The van der Waals surface area contributed by atoms with Crippen LogP contribution < -0.4 is 14.8 Å². The van der Waals surface area contributed by atoms with Crippen LogP contribution >= 0.6 is 0 Å². The lowest BCUT2D eigenvalue weighted by Gasteiger charge is -2.09. The molecule has 0 atom stereocenters. The Morgan fingerprint density at radius 3 is 2.23 bits per heavy atom. The highest BCUT2D eigenvalue weighted by atomic mass is 19.4. The molecule has 0 fully saturated rings. The van der Waals surface area contributed by atoms with E-state index in [1.165, 1.54) is 48.5 Å². The van der Waals surface area contributed by atoms with Gasteiger partial charge in [-0.3, -0.25) is 14.9 Å². The van der Waals surface area contributed by atoms with E-state index in [4.69, 9.17) is 9.15 Å². The Bertz CT molecular complexity index is 1030. The molecule has 11 heteroatoms. The van der Waals surface area contributed by atoms with Gasteiger partial charge in [0.2, 0.25) is 0 Å². The van der Waals surface area contributed by atoms with E-state index in [9.17, 15) is 28.1 Å². The van der Waals surface area contributed by atoms with Crippen LogP contribution in [0.5, 0.6) is 11.5 Å². The molecular weight excluding hydrogens is 409 g/mol. The number of anilines is 1. The Balaban J connectivity index is 1.55. The number of amides is 1. The number of hydrogen-bond donors (Lipinski definition) is 1. The summed E-state index contributed by atoms with van der Waals surface area (Å²) >= 11 is 0. The van der Waals surface area contributed by atoms with Gasteiger partial charge in [-0.25, -0.2) is 0 Å². The van der Waals surface area contributed by atoms with Crippen LogP contribution in [0.25, 0.3) is 0 Å². The molecule has 0 aliphatic carbocycles. The summed E-state index contributed by atoms with van der Waals surface area (Å²) in [5.41, 5.74) is 0.173. The Hall–Kier alpha value is -4.02. The largest absolute Gasteiger partial charge is 0.573 e. The van der Waals surface area contributed by atoms with E-state index in [-0.39, 0.29) is 23.7 Å². The minimum atomic E-state index is -4.80. The molecule has 0 saturated heterocycles. The minimum absolute atomic E-state index is 0.0193. The molecule has 1 aromatic heterocycles. The summed E-state index contributed by atoms with van der Waals surface area (Å²) < 4.78 is 51.0. The predicted molar refractivity (Wildman–Crippen MR) is 97.2 cm³/mol. The van der Waals surface area contributed by atoms with Gasteiger partial charge in [0.1, 0.15) is 23.9 Å². The molecule has 0 saturated carbocycles. The molecule has 8 nitrogen and oxygen atoms in total. The van der Waals surface area contributed by atoms with Gasteiger partial charge in [-0.15, -0.1) is 13.2 Å². The van der Waals surface area contributed by atoms with E-state index in [0.717, 1.165) is 12.1 Å². The first kappa shape index (κ1) is 20.7. The molecule has 0 aliphatic heterocycles. The summed E-state index contributed by atoms with van der Waals surface area (Å²) in [6, 6.07) is 13.0. The molecular formula is C19H13F3N2O6. The predicted octanol–water partition coefficient (Wildman–Crippen LogP) is 4.92. The third kappa shape index (κ3) is 5.74. The third-order valence-electron chi connectivity index (χ3n) is 3.66. The molecule has 156 valence electrons. The Morgan fingerprint density at radius 1 is 1.00 bits per heavy atom. The standard InChI is InChI=1S/C19H13F3N2O6/c20-19(21,22)30-15-5-1-12(2-6-15)23-18(25)17-10-9-16(29-17)11-28-14-7-3-13(4-8-14)24(26)27/h1-10H,11H2,(H,23,25). The van der Waals surface area contributed by atoms with E-state index < -0.39 is 22.9 Å². The first-order chi connectivity index (χ1) is 14.2. The van der Waals surface area contributed by atoms with Gasteiger partial charge in [0.05, 0.1) is 4.92 Å². The van der Waals surface area contributed by atoms with Crippen LogP contribution in [0.15, 0.2) is 65.1 Å². The van der Waals surface area contributed by atoms with Gasteiger partial charge in [-0.05, 0) is 48.5 Å². The van der Waals surface area contributed by atoms with Gasteiger partial charge in [0.15, 0.2) is 5.76 Å². The van der Waals surface area contributed by atoms with Gasteiger partial charge < -0.3 is 19.2 Å². The van der Waals surface area contributed by atoms with Crippen LogP contribution in [0.4, 0.5) is 24.5 Å². The van der Waals surface area contributed by atoms with Crippen LogP contribution in [0.3, 0.4) is 0 Å². The number of non-ortho nitro benzene ring substituents is 1. The second-order valence-electron chi connectivity index (χ2n) is 5.83. The van der Waals surface area contributed by atoms with Crippen molar-refractivity contribution in [1.82, 2.24) is 0 Å². The fraction of sp³-hybridized carbons (Fsp3) is 0.105. The number of nitro groups is 1. The average molecular weight is 422 g/mol.